The van der Waals surface area contributed by atoms with Gasteiger partial charge in [-0.05, 0) is 12.8 Å². The van der Waals surface area contributed by atoms with Crippen molar-refractivity contribution in [1.82, 2.24) is 15.5 Å². The second-order valence-electron chi connectivity index (χ2n) is 4.95. The molecule has 1 fully saturated rings. The normalized spacial score (nSPS) is 15.7. The Bertz CT molecular complexity index is 338. The Balaban J connectivity index is 2.30. The van der Waals surface area contributed by atoms with E-state index in [4.69, 9.17) is 0 Å². The summed E-state index contributed by atoms with van der Waals surface area (Å²) in [6.45, 7) is 2.01. The van der Waals surface area contributed by atoms with Gasteiger partial charge in [0.25, 0.3) is 0 Å². The molecule has 0 radical (unpaired) electrons. The third kappa shape index (κ3) is 5.28. The second-order valence-corrected chi connectivity index (χ2v) is 4.95. The van der Waals surface area contributed by atoms with Gasteiger partial charge in [0.2, 0.25) is 5.91 Å². The van der Waals surface area contributed by atoms with Crippen LogP contribution in [0.4, 0.5) is 0 Å². The van der Waals surface area contributed by atoms with Crippen molar-refractivity contribution in [2.75, 3.05) is 20.1 Å². The Hall–Kier alpha value is -1.59. The first-order valence-electron chi connectivity index (χ1n) is 6.81. The molecule has 1 rings (SSSR count). The number of carbonyl (C=O) groups is 3. The molecule has 0 saturated heterocycles. The molecule has 1 aliphatic carbocycles. The van der Waals surface area contributed by atoms with E-state index in [1.165, 1.54) is 13.3 Å². The van der Waals surface area contributed by atoms with E-state index in [1.54, 1.807) is 11.9 Å². The quantitative estimate of drug-likeness (QED) is 0.558. The summed E-state index contributed by atoms with van der Waals surface area (Å²) >= 11 is 0. The molecule has 0 aliphatic heterocycles. The number of nitrogens with zero attached hydrogens (tertiary/aromatic N) is 1. The maximum atomic E-state index is 11.9. The largest absolute Gasteiger partial charge is 0.355 e. The number of nitrogens with one attached hydrogen (secondary N) is 2. The molecule has 0 heterocycles. The van der Waals surface area contributed by atoms with Crippen LogP contribution in [-0.4, -0.2) is 48.8 Å². The molecule has 6 heteroatoms. The Kier molecular flexibility index (Phi) is 6.32. The summed E-state index contributed by atoms with van der Waals surface area (Å²) in [4.78, 5) is 35.7. The smallest absolute Gasteiger partial charge is 0.311 e. The van der Waals surface area contributed by atoms with Gasteiger partial charge in [0.1, 0.15) is 0 Å². The zero-order chi connectivity index (χ0) is 14.3. The number of likely N-dealkylation sites (N-methyl/N-ethyl adjacent to an activating group) is 1. The minimum Gasteiger partial charge on any atom is -0.355 e. The van der Waals surface area contributed by atoms with Crippen molar-refractivity contribution in [3.8, 4) is 0 Å². The zero-order valence-electron chi connectivity index (χ0n) is 11.7. The van der Waals surface area contributed by atoms with Crippen molar-refractivity contribution in [3.63, 3.8) is 0 Å². The Labute approximate surface area is 113 Å². The maximum Gasteiger partial charge on any atom is 0.311 e. The van der Waals surface area contributed by atoms with Crippen molar-refractivity contribution in [2.45, 2.75) is 45.1 Å². The van der Waals surface area contributed by atoms with Crippen LogP contribution in [0.3, 0.4) is 0 Å². The second kappa shape index (κ2) is 7.76. The number of carbonyl (C=O) groups excluding carboxylic acids is 3. The monoisotopic (exact) mass is 269 g/mol. The molecule has 0 spiro atoms. The van der Waals surface area contributed by atoms with Crippen LogP contribution < -0.4 is 10.6 Å². The highest BCUT2D eigenvalue weighted by molar-refractivity contribution is 6.35. The molecule has 1 aliphatic rings. The van der Waals surface area contributed by atoms with E-state index in [-0.39, 0.29) is 18.5 Å². The van der Waals surface area contributed by atoms with Crippen LogP contribution in [-0.2, 0) is 14.4 Å². The predicted octanol–water partition coefficient (Wildman–Crippen LogP) is 0.0298. The summed E-state index contributed by atoms with van der Waals surface area (Å²) in [5.74, 6) is -1.24. The van der Waals surface area contributed by atoms with Crippen molar-refractivity contribution in [3.05, 3.63) is 0 Å². The van der Waals surface area contributed by atoms with Crippen LogP contribution in [0.2, 0.25) is 0 Å². The van der Waals surface area contributed by atoms with Crippen LogP contribution in [0, 0.1) is 0 Å². The Morgan fingerprint density at radius 3 is 2.21 bits per heavy atom. The van der Waals surface area contributed by atoms with Crippen molar-refractivity contribution in [2.24, 2.45) is 0 Å². The summed E-state index contributed by atoms with van der Waals surface area (Å²) in [6, 6.07) is 0.183. The van der Waals surface area contributed by atoms with Gasteiger partial charge in [0.05, 0.1) is 0 Å². The van der Waals surface area contributed by atoms with Gasteiger partial charge in [-0.2, -0.15) is 0 Å². The summed E-state index contributed by atoms with van der Waals surface area (Å²) in [6.07, 6.45) is 5.39. The molecule has 0 unspecified atom stereocenters. The fraction of sp³-hybridized carbons (Fsp3) is 0.769. The molecule has 2 N–H and O–H groups in total. The highest BCUT2D eigenvalue weighted by Crippen LogP contribution is 2.21. The summed E-state index contributed by atoms with van der Waals surface area (Å²) in [7, 11) is 1.69. The van der Waals surface area contributed by atoms with Gasteiger partial charge >= 0.3 is 11.8 Å². The Morgan fingerprint density at radius 2 is 1.63 bits per heavy atom. The van der Waals surface area contributed by atoms with Crippen LogP contribution in [0.5, 0.6) is 0 Å². The molecule has 6 nitrogen and oxygen atoms in total. The minimum absolute atomic E-state index is 0.153. The molecule has 0 atom stereocenters. The van der Waals surface area contributed by atoms with Crippen LogP contribution in [0.25, 0.3) is 0 Å². The van der Waals surface area contributed by atoms with E-state index in [2.05, 4.69) is 10.6 Å². The molecule has 0 aromatic heterocycles. The number of amides is 3. The first kappa shape index (κ1) is 15.5. The van der Waals surface area contributed by atoms with E-state index in [0.29, 0.717) is 6.54 Å². The Morgan fingerprint density at radius 1 is 1.05 bits per heavy atom. The topological polar surface area (TPSA) is 78.5 Å². The van der Waals surface area contributed by atoms with Crippen molar-refractivity contribution in [1.29, 1.82) is 0 Å². The zero-order valence-corrected chi connectivity index (χ0v) is 11.7. The molecule has 1 saturated carbocycles. The van der Waals surface area contributed by atoms with Crippen LogP contribution in [0.1, 0.15) is 39.0 Å². The molecular weight excluding hydrogens is 246 g/mol. The van der Waals surface area contributed by atoms with E-state index < -0.39 is 11.8 Å². The average molecular weight is 269 g/mol. The lowest BCUT2D eigenvalue weighted by Gasteiger charge is -2.30. The van der Waals surface area contributed by atoms with Crippen LogP contribution in [0.15, 0.2) is 0 Å². The van der Waals surface area contributed by atoms with E-state index in [0.717, 1.165) is 25.7 Å². The van der Waals surface area contributed by atoms with E-state index in [9.17, 15) is 14.4 Å². The molecule has 108 valence electrons. The predicted molar refractivity (Wildman–Crippen MR) is 71.3 cm³/mol. The van der Waals surface area contributed by atoms with Gasteiger partial charge in [-0.3, -0.25) is 14.4 Å². The molecule has 0 aromatic rings. The molecule has 3 amide bonds. The lowest BCUT2D eigenvalue weighted by atomic mass is 9.94. The molecule has 0 bridgehead atoms. The van der Waals surface area contributed by atoms with Gasteiger partial charge < -0.3 is 15.5 Å². The van der Waals surface area contributed by atoms with E-state index in [1.807, 2.05) is 0 Å². The fourth-order valence-electron chi connectivity index (χ4n) is 2.28. The fourth-order valence-corrected chi connectivity index (χ4v) is 2.28. The summed E-state index contributed by atoms with van der Waals surface area (Å²) < 4.78 is 0. The number of rotatable bonds is 4. The van der Waals surface area contributed by atoms with Gasteiger partial charge in [-0.1, -0.05) is 19.3 Å². The minimum atomic E-state index is -0.599. The first-order valence-corrected chi connectivity index (χ1v) is 6.81. The highest BCUT2D eigenvalue weighted by atomic mass is 16.2. The van der Waals surface area contributed by atoms with Crippen molar-refractivity contribution < 1.29 is 14.4 Å². The highest BCUT2D eigenvalue weighted by Gasteiger charge is 2.26. The third-order valence-electron chi connectivity index (χ3n) is 3.42. The first-order chi connectivity index (χ1) is 9.02. The lowest BCUT2D eigenvalue weighted by Crippen LogP contribution is -2.47. The summed E-state index contributed by atoms with van der Waals surface area (Å²) in [5, 5.41) is 5.07. The average Bonchev–Trinajstić information content (AvgIpc) is 2.42. The van der Waals surface area contributed by atoms with Crippen LogP contribution >= 0.6 is 0 Å². The summed E-state index contributed by atoms with van der Waals surface area (Å²) in [5.41, 5.74) is 0. The number of hydrogen-bond donors (Lipinski definition) is 2. The number of hydrogen-bond acceptors (Lipinski definition) is 3. The third-order valence-corrected chi connectivity index (χ3v) is 3.42. The standard InChI is InChI=1S/C13H23N3O3/c1-10(17)14-8-9-15-12(18)13(19)16(2)11-6-4-3-5-7-11/h11H,3-9H2,1-2H3,(H,14,17)(H,15,18). The molecule has 19 heavy (non-hydrogen) atoms. The van der Waals surface area contributed by atoms with Gasteiger partial charge in [-0.25, -0.2) is 0 Å². The molecular formula is C13H23N3O3. The van der Waals surface area contributed by atoms with Gasteiger partial charge in [0.15, 0.2) is 0 Å². The van der Waals surface area contributed by atoms with Crippen molar-refractivity contribution >= 4 is 17.7 Å². The van der Waals surface area contributed by atoms with Gasteiger partial charge in [-0.15, -0.1) is 0 Å². The lowest BCUT2D eigenvalue weighted by molar-refractivity contribution is -0.146. The maximum absolute atomic E-state index is 11.9. The van der Waals surface area contributed by atoms with E-state index >= 15 is 0 Å². The molecule has 0 aromatic carbocycles. The SMILES string of the molecule is CC(=O)NCCNC(=O)C(=O)N(C)C1CCCCC1. The van der Waals surface area contributed by atoms with Gasteiger partial charge in [0, 0.05) is 33.1 Å².